The Balaban J connectivity index is 1.50. The van der Waals surface area contributed by atoms with Crippen LogP contribution in [0.15, 0.2) is 12.4 Å². The van der Waals surface area contributed by atoms with Crippen LogP contribution in [0.25, 0.3) is 0 Å². The number of piperidine rings is 1. The van der Waals surface area contributed by atoms with Gasteiger partial charge in [0.05, 0.1) is 13.2 Å². The van der Waals surface area contributed by atoms with Crippen LogP contribution in [0, 0.1) is 5.92 Å². The highest BCUT2D eigenvalue weighted by atomic mass is 16.5. The van der Waals surface area contributed by atoms with E-state index in [1.54, 1.807) is 6.33 Å². The first-order valence-electron chi connectivity index (χ1n) is 9.42. The summed E-state index contributed by atoms with van der Waals surface area (Å²) in [6, 6.07) is 2.02. The van der Waals surface area contributed by atoms with Crippen LogP contribution >= 0.6 is 0 Å². The molecule has 0 saturated carbocycles. The molecule has 2 aliphatic heterocycles. The molecule has 1 amide bonds. The van der Waals surface area contributed by atoms with Crippen LogP contribution in [-0.4, -0.2) is 66.7 Å². The number of hydrogen-bond donors (Lipinski definition) is 1. The van der Waals surface area contributed by atoms with E-state index < -0.39 is 0 Å². The van der Waals surface area contributed by atoms with E-state index in [9.17, 15) is 4.79 Å². The summed E-state index contributed by atoms with van der Waals surface area (Å²) in [5, 5.41) is 3.24. The fraction of sp³-hybridized carbons (Fsp3) is 0.722. The number of morpholine rings is 1. The molecule has 0 bridgehead atoms. The third-order valence-electron chi connectivity index (χ3n) is 4.98. The van der Waals surface area contributed by atoms with Gasteiger partial charge in [-0.05, 0) is 32.1 Å². The van der Waals surface area contributed by atoms with Crippen LogP contribution in [0.2, 0.25) is 0 Å². The quantitative estimate of drug-likeness (QED) is 0.846. The number of nitrogens with one attached hydrogen (secondary N) is 1. The van der Waals surface area contributed by atoms with E-state index >= 15 is 0 Å². The van der Waals surface area contributed by atoms with Crippen molar-refractivity contribution in [1.29, 1.82) is 0 Å². The first kappa shape index (κ1) is 17.9. The Labute approximate surface area is 149 Å². The minimum absolute atomic E-state index is 0.275. The summed E-state index contributed by atoms with van der Waals surface area (Å²) in [6.45, 7) is 7.73. The standard InChI is InChI=1S/C18H29N5O2/c1-2-19-16-12-17(21-14-20-16)23-7-3-4-15(13-23)5-6-18(24)22-8-10-25-11-9-22/h12,14-15H,2-11,13H2,1H3,(H,19,20,21). The van der Waals surface area contributed by atoms with Crippen molar-refractivity contribution in [2.24, 2.45) is 5.92 Å². The molecule has 1 aromatic rings. The maximum absolute atomic E-state index is 12.3. The van der Waals surface area contributed by atoms with Crippen LogP contribution < -0.4 is 10.2 Å². The number of rotatable bonds is 6. The highest BCUT2D eigenvalue weighted by molar-refractivity contribution is 5.76. The van der Waals surface area contributed by atoms with Gasteiger partial charge >= 0.3 is 0 Å². The molecule has 1 N–H and O–H groups in total. The second kappa shape index (κ2) is 8.99. The minimum atomic E-state index is 0.275. The molecule has 0 radical (unpaired) electrons. The highest BCUT2D eigenvalue weighted by Gasteiger charge is 2.23. The number of carbonyl (C=O) groups excluding carboxylic acids is 1. The van der Waals surface area contributed by atoms with Crippen molar-refractivity contribution in [2.45, 2.75) is 32.6 Å². The molecule has 1 atom stereocenters. The van der Waals surface area contributed by atoms with Gasteiger partial charge in [0.15, 0.2) is 0 Å². The zero-order valence-corrected chi connectivity index (χ0v) is 15.1. The van der Waals surface area contributed by atoms with E-state index in [-0.39, 0.29) is 5.91 Å². The summed E-state index contributed by atoms with van der Waals surface area (Å²) in [5.41, 5.74) is 0. The molecule has 138 valence electrons. The van der Waals surface area contributed by atoms with Crippen molar-refractivity contribution in [1.82, 2.24) is 14.9 Å². The average Bonchev–Trinajstić information content (AvgIpc) is 2.67. The monoisotopic (exact) mass is 347 g/mol. The van der Waals surface area contributed by atoms with Gasteiger partial charge in [-0.15, -0.1) is 0 Å². The lowest BCUT2D eigenvalue weighted by Gasteiger charge is -2.34. The number of amides is 1. The fourth-order valence-electron chi connectivity index (χ4n) is 3.61. The number of nitrogens with zero attached hydrogens (tertiary/aromatic N) is 4. The smallest absolute Gasteiger partial charge is 0.222 e. The van der Waals surface area contributed by atoms with Gasteiger partial charge in [-0.3, -0.25) is 4.79 Å². The van der Waals surface area contributed by atoms with Gasteiger partial charge in [-0.25, -0.2) is 9.97 Å². The number of carbonyl (C=O) groups is 1. The van der Waals surface area contributed by atoms with Crippen molar-refractivity contribution >= 4 is 17.5 Å². The summed E-state index contributed by atoms with van der Waals surface area (Å²) in [6.07, 6.45) is 5.57. The van der Waals surface area contributed by atoms with E-state index in [0.717, 1.165) is 57.2 Å². The Morgan fingerprint density at radius 1 is 1.32 bits per heavy atom. The molecule has 7 nitrogen and oxygen atoms in total. The molecular weight excluding hydrogens is 318 g/mol. The van der Waals surface area contributed by atoms with E-state index in [4.69, 9.17) is 4.74 Å². The van der Waals surface area contributed by atoms with Crippen molar-refractivity contribution in [3.05, 3.63) is 12.4 Å². The second-order valence-electron chi connectivity index (χ2n) is 6.78. The molecule has 7 heteroatoms. The molecule has 0 aliphatic carbocycles. The van der Waals surface area contributed by atoms with Crippen LogP contribution in [0.3, 0.4) is 0 Å². The number of hydrogen-bond acceptors (Lipinski definition) is 6. The summed E-state index contributed by atoms with van der Waals surface area (Å²) >= 11 is 0. The van der Waals surface area contributed by atoms with Crippen LogP contribution in [0.5, 0.6) is 0 Å². The first-order valence-corrected chi connectivity index (χ1v) is 9.42. The van der Waals surface area contributed by atoms with E-state index in [2.05, 4.69) is 27.1 Å². The Bertz CT molecular complexity index is 562. The molecule has 3 rings (SSSR count). The fourth-order valence-corrected chi connectivity index (χ4v) is 3.61. The molecule has 3 heterocycles. The summed E-state index contributed by atoms with van der Waals surface area (Å²) < 4.78 is 5.32. The lowest BCUT2D eigenvalue weighted by atomic mass is 9.93. The molecule has 2 aliphatic rings. The van der Waals surface area contributed by atoms with E-state index in [1.807, 2.05) is 11.0 Å². The molecule has 2 saturated heterocycles. The number of anilines is 2. The number of aromatic nitrogens is 2. The van der Waals surface area contributed by atoms with Crippen molar-refractivity contribution in [3.8, 4) is 0 Å². The highest BCUT2D eigenvalue weighted by Crippen LogP contribution is 2.25. The predicted molar refractivity (Wildman–Crippen MR) is 97.8 cm³/mol. The maximum Gasteiger partial charge on any atom is 0.222 e. The molecule has 1 unspecified atom stereocenters. The predicted octanol–water partition coefficient (Wildman–Crippen LogP) is 1.76. The topological polar surface area (TPSA) is 70.6 Å². The van der Waals surface area contributed by atoms with Gasteiger partial charge in [-0.2, -0.15) is 0 Å². The molecule has 2 fully saturated rings. The lowest BCUT2D eigenvalue weighted by molar-refractivity contribution is -0.135. The molecule has 1 aromatic heterocycles. The zero-order valence-electron chi connectivity index (χ0n) is 15.1. The van der Waals surface area contributed by atoms with Gasteiger partial charge in [0.2, 0.25) is 5.91 Å². The van der Waals surface area contributed by atoms with Crippen molar-refractivity contribution in [3.63, 3.8) is 0 Å². The Morgan fingerprint density at radius 2 is 2.16 bits per heavy atom. The Kier molecular flexibility index (Phi) is 6.44. The van der Waals surface area contributed by atoms with Crippen LogP contribution in [-0.2, 0) is 9.53 Å². The zero-order chi connectivity index (χ0) is 17.5. The molecular formula is C18H29N5O2. The van der Waals surface area contributed by atoms with Gasteiger partial charge in [0.25, 0.3) is 0 Å². The van der Waals surface area contributed by atoms with Crippen LogP contribution in [0.4, 0.5) is 11.6 Å². The molecule has 25 heavy (non-hydrogen) atoms. The Morgan fingerprint density at radius 3 is 2.96 bits per heavy atom. The van der Waals surface area contributed by atoms with Gasteiger partial charge in [-0.1, -0.05) is 0 Å². The van der Waals surface area contributed by atoms with Gasteiger partial charge in [0.1, 0.15) is 18.0 Å². The number of ether oxygens (including phenoxy) is 1. The van der Waals surface area contributed by atoms with Crippen molar-refractivity contribution < 1.29 is 9.53 Å². The summed E-state index contributed by atoms with van der Waals surface area (Å²) in [5.74, 6) is 2.68. The maximum atomic E-state index is 12.3. The SMILES string of the molecule is CCNc1cc(N2CCCC(CCC(=O)N3CCOCC3)C2)ncn1. The third-order valence-corrected chi connectivity index (χ3v) is 4.98. The normalized spacial score (nSPS) is 21.2. The van der Waals surface area contributed by atoms with E-state index in [1.165, 1.54) is 6.42 Å². The average molecular weight is 347 g/mol. The first-order chi connectivity index (χ1) is 12.3. The van der Waals surface area contributed by atoms with Gasteiger partial charge < -0.3 is 19.9 Å². The van der Waals surface area contributed by atoms with Gasteiger partial charge in [0, 0.05) is 45.2 Å². The third kappa shape index (κ3) is 5.04. The molecule has 0 aromatic carbocycles. The Hall–Kier alpha value is -1.89. The summed E-state index contributed by atoms with van der Waals surface area (Å²) in [7, 11) is 0. The van der Waals surface area contributed by atoms with E-state index in [0.29, 0.717) is 25.6 Å². The lowest BCUT2D eigenvalue weighted by Crippen LogP contribution is -2.41. The second-order valence-corrected chi connectivity index (χ2v) is 6.78. The van der Waals surface area contributed by atoms with Crippen LogP contribution in [0.1, 0.15) is 32.6 Å². The summed E-state index contributed by atoms with van der Waals surface area (Å²) in [4.78, 5) is 25.3. The minimum Gasteiger partial charge on any atom is -0.378 e. The molecule has 0 spiro atoms. The largest absolute Gasteiger partial charge is 0.378 e. The van der Waals surface area contributed by atoms with Crippen molar-refractivity contribution in [2.75, 3.05) is 56.2 Å².